The number of hydrogen-bond acceptors (Lipinski definition) is 3. The SMILES string of the molecule is CCC[CH2][Sn]([CH2]CCC)([CH2]CCC)[c]1cccc(OCc2ccc(C#N)cc2F)n1. The molecule has 2 rings (SSSR count). The molecular weight excluding hydrogens is 482 g/mol. The molecule has 0 radical (unpaired) electrons. The summed E-state index contributed by atoms with van der Waals surface area (Å²) in [6.45, 7) is 6.94. The number of aromatic nitrogens is 1. The zero-order valence-electron chi connectivity index (χ0n) is 18.7. The zero-order valence-corrected chi connectivity index (χ0v) is 21.6. The maximum atomic E-state index is 14.2. The third-order valence-electron chi connectivity index (χ3n) is 5.85. The summed E-state index contributed by atoms with van der Waals surface area (Å²) in [5, 5.41) is 8.90. The van der Waals surface area contributed by atoms with E-state index >= 15 is 0 Å². The Kier molecular flexibility index (Phi) is 10.6. The molecule has 0 aliphatic rings. The number of nitrogens with zero attached hydrogens (tertiary/aromatic N) is 2. The number of unbranched alkanes of at least 4 members (excludes halogenated alkanes) is 3. The van der Waals surface area contributed by atoms with Crippen molar-refractivity contribution in [3.63, 3.8) is 0 Å². The van der Waals surface area contributed by atoms with Crippen LogP contribution in [0.2, 0.25) is 13.3 Å². The second-order valence-corrected chi connectivity index (χ2v) is 21.2. The van der Waals surface area contributed by atoms with E-state index in [1.807, 2.05) is 12.1 Å². The molecule has 0 saturated carbocycles. The van der Waals surface area contributed by atoms with Gasteiger partial charge in [-0.2, -0.15) is 0 Å². The van der Waals surface area contributed by atoms with E-state index in [1.165, 1.54) is 61.6 Å². The van der Waals surface area contributed by atoms with Gasteiger partial charge in [0.05, 0.1) is 0 Å². The van der Waals surface area contributed by atoms with Gasteiger partial charge in [-0.15, -0.1) is 0 Å². The van der Waals surface area contributed by atoms with Gasteiger partial charge in [0.25, 0.3) is 0 Å². The Hall–Kier alpha value is -1.61. The first-order chi connectivity index (χ1) is 14.6. The molecular formula is C25H35FN2OSn. The Labute approximate surface area is 185 Å². The van der Waals surface area contributed by atoms with Crippen molar-refractivity contribution < 1.29 is 9.13 Å². The minimum absolute atomic E-state index is 0.120. The van der Waals surface area contributed by atoms with E-state index in [2.05, 4.69) is 32.9 Å². The number of ether oxygens (including phenoxy) is 1. The van der Waals surface area contributed by atoms with Gasteiger partial charge in [0, 0.05) is 0 Å². The topological polar surface area (TPSA) is 45.9 Å². The van der Waals surface area contributed by atoms with E-state index in [0.29, 0.717) is 17.0 Å². The van der Waals surface area contributed by atoms with E-state index < -0.39 is 24.2 Å². The normalized spacial score (nSPS) is 11.3. The summed E-state index contributed by atoms with van der Waals surface area (Å²) in [6, 6.07) is 12.6. The van der Waals surface area contributed by atoms with Gasteiger partial charge < -0.3 is 0 Å². The standard InChI is InChI=1S/C13H8FN2O.3C4H9.Sn/c14-12-7-10(8-15)4-5-11(12)9-17-13-3-1-2-6-16-13;3*1-3-4-2;/h1-5,7H,9H2;3*1,3-4H2,2H3;. The first-order valence-electron chi connectivity index (χ1n) is 11.4. The van der Waals surface area contributed by atoms with Crippen LogP contribution in [0.5, 0.6) is 5.88 Å². The fourth-order valence-corrected chi connectivity index (χ4v) is 19.4. The number of hydrogen-bond donors (Lipinski definition) is 0. The van der Waals surface area contributed by atoms with Crippen LogP contribution in [-0.2, 0) is 6.61 Å². The molecule has 5 heteroatoms. The van der Waals surface area contributed by atoms with E-state index in [-0.39, 0.29) is 6.61 Å². The predicted molar refractivity (Wildman–Crippen MR) is 124 cm³/mol. The molecule has 3 nitrogen and oxygen atoms in total. The molecule has 0 aliphatic carbocycles. The van der Waals surface area contributed by atoms with Gasteiger partial charge in [0.2, 0.25) is 0 Å². The van der Waals surface area contributed by atoms with Crippen LogP contribution in [0.25, 0.3) is 0 Å². The van der Waals surface area contributed by atoms with Crippen LogP contribution in [0.15, 0.2) is 36.4 Å². The third kappa shape index (κ3) is 6.97. The summed E-state index contributed by atoms with van der Waals surface area (Å²) in [7, 11) is 0. The summed E-state index contributed by atoms with van der Waals surface area (Å²) in [5.41, 5.74) is 0.761. The second-order valence-electron chi connectivity index (χ2n) is 8.16. The first-order valence-corrected chi connectivity index (χ1v) is 18.9. The van der Waals surface area contributed by atoms with E-state index in [0.717, 1.165) is 0 Å². The molecule has 0 spiro atoms. The average Bonchev–Trinajstić information content (AvgIpc) is 2.78. The molecule has 1 aromatic heterocycles. The van der Waals surface area contributed by atoms with Crippen molar-refractivity contribution in [2.75, 3.05) is 0 Å². The first kappa shape index (κ1) is 24.7. The van der Waals surface area contributed by atoms with Crippen LogP contribution in [0, 0.1) is 17.1 Å². The number of halogens is 1. The summed E-state index contributed by atoms with van der Waals surface area (Å²) in [4.78, 5) is 4.98. The van der Waals surface area contributed by atoms with E-state index in [9.17, 15) is 4.39 Å². The van der Waals surface area contributed by atoms with Crippen molar-refractivity contribution in [2.45, 2.75) is 79.2 Å². The van der Waals surface area contributed by atoms with Crippen LogP contribution in [0.3, 0.4) is 0 Å². The van der Waals surface area contributed by atoms with E-state index in [1.54, 1.807) is 12.1 Å². The van der Waals surface area contributed by atoms with Crippen molar-refractivity contribution in [1.29, 1.82) is 5.26 Å². The van der Waals surface area contributed by atoms with Gasteiger partial charge in [-0.25, -0.2) is 0 Å². The van der Waals surface area contributed by atoms with Gasteiger partial charge in [-0.1, -0.05) is 0 Å². The second kappa shape index (κ2) is 12.9. The number of nitriles is 1. The van der Waals surface area contributed by atoms with Crippen LogP contribution in [0.1, 0.15) is 70.4 Å². The Balaban J connectivity index is 2.24. The summed E-state index contributed by atoms with van der Waals surface area (Å²) in [5.74, 6) is 0.175. The molecule has 0 atom stereocenters. The molecule has 1 aromatic carbocycles. The fourth-order valence-electron chi connectivity index (χ4n) is 3.98. The molecule has 30 heavy (non-hydrogen) atoms. The molecule has 2 aromatic rings. The van der Waals surface area contributed by atoms with Crippen molar-refractivity contribution in [3.8, 4) is 11.9 Å². The Bertz CT molecular complexity index is 812. The van der Waals surface area contributed by atoms with Crippen LogP contribution in [0.4, 0.5) is 4.39 Å². The summed E-state index contributed by atoms with van der Waals surface area (Å²) >= 11 is -2.61. The van der Waals surface area contributed by atoms with Crippen molar-refractivity contribution in [1.82, 2.24) is 4.98 Å². The molecule has 0 saturated heterocycles. The Morgan fingerprint density at radius 2 is 1.60 bits per heavy atom. The number of benzene rings is 1. The quantitative estimate of drug-likeness (QED) is 0.277. The summed E-state index contributed by atoms with van der Waals surface area (Å²) < 4.78 is 25.5. The zero-order chi connectivity index (χ0) is 21.8. The molecule has 1 heterocycles. The van der Waals surface area contributed by atoms with Gasteiger partial charge in [0.15, 0.2) is 0 Å². The predicted octanol–water partition coefficient (Wildman–Crippen LogP) is 6.73. The molecule has 162 valence electrons. The Morgan fingerprint density at radius 3 is 2.13 bits per heavy atom. The third-order valence-corrected chi connectivity index (χ3v) is 21.0. The van der Waals surface area contributed by atoms with Gasteiger partial charge in [-0.3, -0.25) is 0 Å². The van der Waals surface area contributed by atoms with Crippen LogP contribution in [-0.4, -0.2) is 23.4 Å². The maximum absolute atomic E-state index is 14.2. The van der Waals surface area contributed by atoms with Crippen LogP contribution < -0.4 is 8.45 Å². The number of rotatable bonds is 13. The van der Waals surface area contributed by atoms with Gasteiger partial charge >= 0.3 is 186 Å². The average molecular weight is 517 g/mol. The van der Waals surface area contributed by atoms with Crippen molar-refractivity contribution in [3.05, 3.63) is 53.3 Å². The molecule has 0 aliphatic heterocycles. The van der Waals surface area contributed by atoms with Gasteiger partial charge in [-0.05, 0) is 0 Å². The number of pyridine rings is 1. The Morgan fingerprint density at radius 1 is 0.967 bits per heavy atom. The van der Waals surface area contributed by atoms with Crippen LogP contribution >= 0.6 is 0 Å². The van der Waals surface area contributed by atoms with Gasteiger partial charge in [0.1, 0.15) is 0 Å². The summed E-state index contributed by atoms with van der Waals surface area (Å²) in [6.07, 6.45) is 7.54. The van der Waals surface area contributed by atoms with E-state index in [4.69, 9.17) is 15.0 Å². The fraction of sp³-hybridized carbons (Fsp3) is 0.520. The molecule has 0 bridgehead atoms. The molecule has 0 N–H and O–H groups in total. The molecule has 0 unspecified atom stereocenters. The molecule has 0 fully saturated rings. The molecule has 0 amide bonds. The van der Waals surface area contributed by atoms with Crippen molar-refractivity contribution >= 4 is 22.1 Å². The minimum atomic E-state index is -2.61. The monoisotopic (exact) mass is 518 g/mol. The van der Waals surface area contributed by atoms with Crippen molar-refractivity contribution in [2.24, 2.45) is 0 Å².